The predicted octanol–water partition coefficient (Wildman–Crippen LogP) is 5.64. The van der Waals surface area contributed by atoms with Crippen molar-refractivity contribution in [3.8, 4) is 0 Å². The summed E-state index contributed by atoms with van der Waals surface area (Å²) in [6.07, 6.45) is 5.24. The third kappa shape index (κ3) is 5.61. The SMILES string of the molecule is CSc1ccc(C(=O)Nc2ccc(Nc3cc(Nc4cc(C)ccn4)ncn3)cc2)cc1. The van der Waals surface area contributed by atoms with Gasteiger partial charge in [-0.25, -0.2) is 15.0 Å². The van der Waals surface area contributed by atoms with Crippen LogP contribution in [0.5, 0.6) is 0 Å². The van der Waals surface area contributed by atoms with E-state index in [1.54, 1.807) is 24.0 Å². The van der Waals surface area contributed by atoms with Crippen LogP contribution in [0.4, 0.5) is 28.8 Å². The van der Waals surface area contributed by atoms with Crippen molar-refractivity contribution >= 4 is 46.5 Å². The molecule has 2 aromatic carbocycles. The molecule has 0 unspecified atom stereocenters. The second-order valence-corrected chi connectivity index (χ2v) is 7.90. The van der Waals surface area contributed by atoms with Crippen molar-refractivity contribution in [2.75, 3.05) is 22.2 Å². The zero-order valence-corrected chi connectivity index (χ0v) is 18.5. The maximum atomic E-state index is 12.4. The number of carbonyl (C=O) groups excluding carboxylic acids is 1. The monoisotopic (exact) mass is 442 g/mol. The van der Waals surface area contributed by atoms with Gasteiger partial charge in [-0.05, 0) is 79.4 Å². The molecular weight excluding hydrogens is 420 g/mol. The summed E-state index contributed by atoms with van der Waals surface area (Å²) in [6, 6.07) is 20.6. The van der Waals surface area contributed by atoms with E-state index in [-0.39, 0.29) is 5.91 Å². The molecule has 32 heavy (non-hydrogen) atoms. The van der Waals surface area contributed by atoms with Gasteiger partial charge in [0.15, 0.2) is 0 Å². The van der Waals surface area contributed by atoms with Crippen LogP contribution in [0, 0.1) is 6.92 Å². The third-order valence-electron chi connectivity index (χ3n) is 4.61. The minimum absolute atomic E-state index is 0.144. The van der Waals surface area contributed by atoms with Gasteiger partial charge in [-0.2, -0.15) is 0 Å². The van der Waals surface area contributed by atoms with E-state index in [2.05, 4.69) is 30.9 Å². The van der Waals surface area contributed by atoms with Crippen molar-refractivity contribution in [1.82, 2.24) is 15.0 Å². The van der Waals surface area contributed by atoms with Crippen molar-refractivity contribution < 1.29 is 4.79 Å². The molecule has 0 aliphatic heterocycles. The third-order valence-corrected chi connectivity index (χ3v) is 5.35. The van der Waals surface area contributed by atoms with E-state index >= 15 is 0 Å². The van der Waals surface area contributed by atoms with Crippen LogP contribution >= 0.6 is 11.8 Å². The highest BCUT2D eigenvalue weighted by molar-refractivity contribution is 7.98. The first-order valence-electron chi connectivity index (χ1n) is 9.93. The van der Waals surface area contributed by atoms with Gasteiger partial charge in [0.25, 0.3) is 5.91 Å². The lowest BCUT2D eigenvalue weighted by Gasteiger charge is -2.10. The molecule has 4 aromatic rings. The van der Waals surface area contributed by atoms with Crippen LogP contribution in [-0.2, 0) is 0 Å². The molecule has 8 heteroatoms. The number of nitrogens with zero attached hydrogens (tertiary/aromatic N) is 3. The number of hydrogen-bond acceptors (Lipinski definition) is 7. The smallest absolute Gasteiger partial charge is 0.255 e. The van der Waals surface area contributed by atoms with Crippen LogP contribution in [0.15, 0.2) is 84.1 Å². The van der Waals surface area contributed by atoms with Crippen molar-refractivity contribution in [3.63, 3.8) is 0 Å². The molecule has 1 amide bonds. The summed E-state index contributed by atoms with van der Waals surface area (Å²) in [5.74, 6) is 1.85. The number of aromatic nitrogens is 3. The number of anilines is 5. The van der Waals surface area contributed by atoms with Crippen LogP contribution in [0.1, 0.15) is 15.9 Å². The summed E-state index contributed by atoms with van der Waals surface area (Å²) in [4.78, 5) is 26.3. The number of thioether (sulfide) groups is 1. The van der Waals surface area contributed by atoms with Crippen molar-refractivity contribution in [2.45, 2.75) is 11.8 Å². The Morgan fingerprint density at radius 2 is 1.44 bits per heavy atom. The van der Waals surface area contributed by atoms with E-state index in [0.29, 0.717) is 22.9 Å². The van der Waals surface area contributed by atoms with Crippen LogP contribution in [0.2, 0.25) is 0 Å². The molecule has 0 saturated heterocycles. The van der Waals surface area contributed by atoms with Gasteiger partial charge in [-0.1, -0.05) is 0 Å². The van der Waals surface area contributed by atoms with Crippen molar-refractivity contribution in [3.05, 3.63) is 90.4 Å². The zero-order chi connectivity index (χ0) is 22.3. The van der Waals surface area contributed by atoms with E-state index in [9.17, 15) is 4.79 Å². The number of amides is 1. The number of aryl methyl sites for hydroxylation is 1. The van der Waals surface area contributed by atoms with E-state index in [0.717, 1.165) is 22.0 Å². The first-order chi connectivity index (χ1) is 15.6. The largest absolute Gasteiger partial charge is 0.340 e. The fraction of sp³-hybridized carbons (Fsp3) is 0.0833. The van der Waals surface area contributed by atoms with Gasteiger partial charge in [-0.3, -0.25) is 4.79 Å². The molecule has 0 bridgehead atoms. The number of nitrogens with one attached hydrogen (secondary N) is 3. The van der Waals surface area contributed by atoms with Gasteiger partial charge < -0.3 is 16.0 Å². The molecule has 2 aromatic heterocycles. The molecular formula is C24H22N6OS. The molecule has 0 aliphatic rings. The Hall–Kier alpha value is -3.91. The average Bonchev–Trinajstić information content (AvgIpc) is 2.81. The zero-order valence-electron chi connectivity index (χ0n) is 17.7. The molecule has 0 fully saturated rings. The van der Waals surface area contributed by atoms with Crippen LogP contribution in [0.3, 0.4) is 0 Å². The Kier molecular flexibility index (Phi) is 6.62. The lowest BCUT2D eigenvalue weighted by molar-refractivity contribution is 0.102. The molecule has 0 aliphatic carbocycles. The number of pyridine rings is 1. The Morgan fingerprint density at radius 1 is 0.781 bits per heavy atom. The molecule has 4 rings (SSSR count). The molecule has 0 saturated carbocycles. The topological polar surface area (TPSA) is 91.8 Å². The quantitative estimate of drug-likeness (QED) is 0.319. The fourth-order valence-corrected chi connectivity index (χ4v) is 3.37. The molecule has 2 heterocycles. The molecule has 0 atom stereocenters. The average molecular weight is 443 g/mol. The van der Waals surface area contributed by atoms with Gasteiger partial charge in [0.05, 0.1) is 0 Å². The van der Waals surface area contributed by atoms with Gasteiger partial charge >= 0.3 is 0 Å². The van der Waals surface area contributed by atoms with Crippen LogP contribution in [0.25, 0.3) is 0 Å². The highest BCUT2D eigenvalue weighted by Gasteiger charge is 2.07. The summed E-state index contributed by atoms with van der Waals surface area (Å²) in [5.41, 5.74) is 3.28. The van der Waals surface area contributed by atoms with Crippen LogP contribution < -0.4 is 16.0 Å². The Morgan fingerprint density at radius 3 is 2.12 bits per heavy atom. The Balaban J connectivity index is 1.38. The second kappa shape index (κ2) is 9.93. The first kappa shape index (κ1) is 21.3. The summed E-state index contributed by atoms with van der Waals surface area (Å²) < 4.78 is 0. The number of benzene rings is 2. The van der Waals surface area contributed by atoms with Crippen LogP contribution in [-0.4, -0.2) is 27.1 Å². The highest BCUT2D eigenvalue weighted by Crippen LogP contribution is 2.21. The van der Waals surface area contributed by atoms with E-state index in [1.165, 1.54) is 6.33 Å². The Bertz CT molecular complexity index is 1210. The maximum Gasteiger partial charge on any atom is 0.255 e. The normalized spacial score (nSPS) is 10.4. The van der Waals surface area contributed by atoms with Crippen molar-refractivity contribution in [1.29, 1.82) is 0 Å². The van der Waals surface area contributed by atoms with Gasteiger partial charge in [0.2, 0.25) is 0 Å². The lowest BCUT2D eigenvalue weighted by Crippen LogP contribution is -2.11. The Labute approximate surface area is 190 Å². The highest BCUT2D eigenvalue weighted by atomic mass is 32.2. The number of rotatable bonds is 7. The fourth-order valence-electron chi connectivity index (χ4n) is 2.96. The molecule has 160 valence electrons. The van der Waals surface area contributed by atoms with E-state index in [4.69, 9.17) is 0 Å². The van der Waals surface area contributed by atoms with E-state index in [1.807, 2.05) is 73.8 Å². The van der Waals surface area contributed by atoms with E-state index < -0.39 is 0 Å². The molecule has 0 spiro atoms. The number of carbonyl (C=O) groups is 1. The predicted molar refractivity (Wildman–Crippen MR) is 130 cm³/mol. The standard InChI is InChI=1S/C24H22N6OS/c1-16-11-12-25-21(13-16)30-23-14-22(26-15-27-23)28-18-5-7-19(8-6-18)29-24(31)17-3-9-20(32-2)10-4-17/h3-15H,1-2H3,(H,29,31)(H2,25,26,27,28,30). The lowest BCUT2D eigenvalue weighted by atomic mass is 10.2. The number of hydrogen-bond donors (Lipinski definition) is 3. The van der Waals surface area contributed by atoms with Gasteiger partial charge in [0.1, 0.15) is 23.8 Å². The van der Waals surface area contributed by atoms with Gasteiger partial charge in [0, 0.05) is 34.1 Å². The molecule has 0 radical (unpaired) electrons. The van der Waals surface area contributed by atoms with Crippen molar-refractivity contribution in [2.24, 2.45) is 0 Å². The maximum absolute atomic E-state index is 12.4. The summed E-state index contributed by atoms with van der Waals surface area (Å²) in [7, 11) is 0. The molecule has 7 nitrogen and oxygen atoms in total. The summed E-state index contributed by atoms with van der Waals surface area (Å²) in [6.45, 7) is 2.01. The van der Waals surface area contributed by atoms with Gasteiger partial charge in [-0.15, -0.1) is 11.8 Å². The minimum atomic E-state index is -0.144. The summed E-state index contributed by atoms with van der Waals surface area (Å²) in [5, 5.41) is 9.32. The summed E-state index contributed by atoms with van der Waals surface area (Å²) >= 11 is 1.64. The first-order valence-corrected chi connectivity index (χ1v) is 11.2. The molecule has 3 N–H and O–H groups in total. The second-order valence-electron chi connectivity index (χ2n) is 7.02. The minimum Gasteiger partial charge on any atom is -0.340 e.